The highest BCUT2D eigenvalue weighted by atomic mass is 35.5. The molecule has 0 aromatic heterocycles. The van der Waals surface area contributed by atoms with Gasteiger partial charge >= 0.3 is 17.9 Å². The van der Waals surface area contributed by atoms with E-state index in [1.54, 1.807) is 60.7 Å². The number of rotatable bonds is 6. The lowest BCUT2D eigenvalue weighted by Gasteiger charge is -2.12. The van der Waals surface area contributed by atoms with E-state index in [0.717, 1.165) is 16.7 Å². The van der Waals surface area contributed by atoms with Crippen molar-refractivity contribution in [2.75, 3.05) is 6.61 Å². The highest BCUT2D eigenvalue weighted by Gasteiger charge is 2.36. The van der Waals surface area contributed by atoms with Gasteiger partial charge in [0.15, 0.2) is 0 Å². The van der Waals surface area contributed by atoms with Gasteiger partial charge in [0.05, 0.1) is 22.8 Å². The normalized spacial score (nSPS) is 17.4. The highest BCUT2D eigenvalue weighted by Crippen LogP contribution is 2.28. The van der Waals surface area contributed by atoms with Crippen LogP contribution in [0.15, 0.2) is 72.8 Å². The predicted octanol–water partition coefficient (Wildman–Crippen LogP) is 6.10. The van der Waals surface area contributed by atoms with Crippen molar-refractivity contribution in [3.05, 3.63) is 106 Å². The number of aromatic carboxylic acids is 2. The topological polar surface area (TPSA) is 127 Å². The maximum atomic E-state index is 11.8. The highest BCUT2D eigenvalue weighted by molar-refractivity contribution is 6.64. The van der Waals surface area contributed by atoms with Crippen LogP contribution in [0.25, 0.3) is 0 Å². The second-order valence-corrected chi connectivity index (χ2v) is 9.88. The van der Waals surface area contributed by atoms with E-state index in [9.17, 15) is 19.2 Å². The lowest BCUT2D eigenvalue weighted by Crippen LogP contribution is -2.23. The quantitative estimate of drug-likeness (QED) is 0.270. The van der Waals surface area contributed by atoms with Gasteiger partial charge in [-0.1, -0.05) is 60.0 Å². The fourth-order valence-electron chi connectivity index (χ4n) is 3.65. The summed E-state index contributed by atoms with van der Waals surface area (Å²) in [6, 6.07) is 20.7. The number of benzene rings is 3. The zero-order chi connectivity index (χ0) is 29.8. The summed E-state index contributed by atoms with van der Waals surface area (Å²) >= 11 is 5.45. The minimum absolute atomic E-state index is 0.0445. The third-order valence-corrected chi connectivity index (χ3v) is 6.21. The summed E-state index contributed by atoms with van der Waals surface area (Å²) in [5.41, 5.74) is 4.41. The van der Waals surface area contributed by atoms with Gasteiger partial charge in [-0.15, -0.1) is 0 Å². The summed E-state index contributed by atoms with van der Waals surface area (Å²) in [7, 11) is 0. The van der Waals surface area contributed by atoms with Gasteiger partial charge in [-0.3, -0.25) is 4.79 Å². The molecule has 0 radical (unpaired) electrons. The van der Waals surface area contributed by atoms with Crippen molar-refractivity contribution in [2.24, 2.45) is 5.92 Å². The summed E-state index contributed by atoms with van der Waals surface area (Å²) in [4.78, 5) is 43.6. The molecule has 4 rings (SSSR count). The molecule has 3 aromatic rings. The molecule has 1 heterocycles. The average Bonchev–Trinajstić information content (AvgIpc) is 3.29. The SMILES string of the molecule is Cc1ccc(C(=O)O)cc1.Cc1ccc(C(=O)O)cc1.Cc1ccc(C(=O)OC[C@@H]2CC(C)[C@H](C(=O)Cl)O2)cc1. The van der Waals surface area contributed by atoms with Gasteiger partial charge < -0.3 is 19.7 Å². The number of hydrogen-bond donors (Lipinski definition) is 2. The first-order valence-corrected chi connectivity index (χ1v) is 12.9. The van der Waals surface area contributed by atoms with Crippen LogP contribution in [0.3, 0.4) is 0 Å². The first-order chi connectivity index (χ1) is 18.9. The second kappa shape index (κ2) is 15.5. The van der Waals surface area contributed by atoms with Crippen LogP contribution in [-0.2, 0) is 14.3 Å². The Bertz CT molecular complexity index is 1230. The Labute approximate surface area is 238 Å². The molecule has 0 saturated carbocycles. The lowest BCUT2D eigenvalue weighted by atomic mass is 10.0. The molecule has 212 valence electrons. The summed E-state index contributed by atoms with van der Waals surface area (Å²) in [6.07, 6.45) is -0.212. The molecule has 0 bridgehead atoms. The standard InChI is InChI=1S/C15H17ClO4.2C8H8O2/c1-9-3-5-11(6-4-9)15(18)19-8-12-7-10(2)13(20-12)14(16)17;2*1-6-2-4-7(5-3-6)8(9)10/h3-6,10,12-13H,7-8H2,1-2H3;2*2-5H,1H3,(H,9,10)/t10?,12-,13+;;/m0../s1. The minimum Gasteiger partial charge on any atom is -0.478 e. The van der Waals surface area contributed by atoms with E-state index in [1.807, 2.05) is 39.8 Å². The van der Waals surface area contributed by atoms with Gasteiger partial charge in [0.2, 0.25) is 0 Å². The van der Waals surface area contributed by atoms with Crippen LogP contribution >= 0.6 is 11.6 Å². The Morgan fingerprint density at radius 1 is 0.750 bits per heavy atom. The van der Waals surface area contributed by atoms with E-state index in [1.165, 1.54) is 0 Å². The summed E-state index contributed by atoms with van der Waals surface area (Å²) in [6.45, 7) is 7.83. The van der Waals surface area contributed by atoms with Crippen LogP contribution in [0.4, 0.5) is 0 Å². The molecule has 1 aliphatic heterocycles. The molecule has 3 aromatic carbocycles. The molecule has 3 atom stereocenters. The maximum Gasteiger partial charge on any atom is 0.338 e. The Kier molecular flexibility index (Phi) is 12.5. The molecule has 0 aliphatic carbocycles. The zero-order valence-corrected chi connectivity index (χ0v) is 23.6. The van der Waals surface area contributed by atoms with Gasteiger partial charge in [0.25, 0.3) is 5.24 Å². The molecule has 0 amide bonds. The average molecular weight is 569 g/mol. The van der Waals surface area contributed by atoms with Gasteiger partial charge in [0, 0.05) is 0 Å². The Morgan fingerprint density at radius 2 is 1.12 bits per heavy atom. The smallest absolute Gasteiger partial charge is 0.338 e. The summed E-state index contributed by atoms with van der Waals surface area (Å²) in [5.74, 6) is -2.09. The van der Waals surface area contributed by atoms with Crippen molar-refractivity contribution in [2.45, 2.75) is 46.3 Å². The van der Waals surface area contributed by atoms with Crippen molar-refractivity contribution in [1.82, 2.24) is 0 Å². The Hall–Kier alpha value is -4.01. The zero-order valence-electron chi connectivity index (χ0n) is 22.8. The van der Waals surface area contributed by atoms with E-state index in [0.29, 0.717) is 23.1 Å². The van der Waals surface area contributed by atoms with Crippen LogP contribution in [0.2, 0.25) is 0 Å². The summed E-state index contributed by atoms with van der Waals surface area (Å²) < 4.78 is 10.7. The van der Waals surface area contributed by atoms with Crippen molar-refractivity contribution >= 4 is 34.8 Å². The van der Waals surface area contributed by atoms with Crippen LogP contribution in [0.1, 0.15) is 61.1 Å². The van der Waals surface area contributed by atoms with E-state index in [2.05, 4.69) is 0 Å². The molecule has 1 saturated heterocycles. The van der Waals surface area contributed by atoms with Crippen LogP contribution < -0.4 is 0 Å². The molecule has 1 aliphatic rings. The Balaban J connectivity index is 0.000000235. The third kappa shape index (κ3) is 10.6. The molecule has 1 fully saturated rings. The molecule has 1 unspecified atom stereocenters. The van der Waals surface area contributed by atoms with Crippen molar-refractivity contribution < 1.29 is 38.9 Å². The molecule has 40 heavy (non-hydrogen) atoms. The number of hydrogen-bond acceptors (Lipinski definition) is 6. The first kappa shape index (κ1) is 32.2. The Morgan fingerprint density at radius 3 is 1.45 bits per heavy atom. The van der Waals surface area contributed by atoms with Crippen LogP contribution in [0, 0.1) is 26.7 Å². The first-order valence-electron chi connectivity index (χ1n) is 12.6. The van der Waals surface area contributed by atoms with Crippen LogP contribution in [0.5, 0.6) is 0 Å². The number of halogens is 1. The van der Waals surface area contributed by atoms with Crippen molar-refractivity contribution in [3.63, 3.8) is 0 Å². The molecular weight excluding hydrogens is 536 g/mol. The summed E-state index contributed by atoms with van der Waals surface area (Å²) in [5, 5.41) is 16.5. The van der Waals surface area contributed by atoms with Gasteiger partial charge in [0.1, 0.15) is 12.7 Å². The minimum atomic E-state index is -0.875. The van der Waals surface area contributed by atoms with E-state index < -0.39 is 23.3 Å². The number of aryl methyl sites for hydroxylation is 3. The lowest BCUT2D eigenvalue weighted by molar-refractivity contribution is -0.123. The number of ether oxygens (including phenoxy) is 2. The van der Waals surface area contributed by atoms with Crippen molar-refractivity contribution in [3.8, 4) is 0 Å². The molecule has 0 spiro atoms. The number of carboxylic acids is 2. The molecule has 2 N–H and O–H groups in total. The molecule has 9 heteroatoms. The third-order valence-electron chi connectivity index (χ3n) is 6.00. The number of carbonyl (C=O) groups is 4. The van der Waals surface area contributed by atoms with E-state index >= 15 is 0 Å². The van der Waals surface area contributed by atoms with Gasteiger partial charge in [-0.2, -0.15) is 0 Å². The van der Waals surface area contributed by atoms with Crippen molar-refractivity contribution in [1.29, 1.82) is 0 Å². The monoisotopic (exact) mass is 568 g/mol. The van der Waals surface area contributed by atoms with Gasteiger partial charge in [-0.05, 0) is 81.1 Å². The second-order valence-electron chi connectivity index (χ2n) is 9.50. The van der Waals surface area contributed by atoms with Crippen LogP contribution in [-0.4, -0.2) is 52.2 Å². The fourth-order valence-corrected chi connectivity index (χ4v) is 3.92. The van der Waals surface area contributed by atoms with E-state index in [4.69, 9.17) is 31.3 Å². The van der Waals surface area contributed by atoms with Gasteiger partial charge in [-0.25, -0.2) is 14.4 Å². The number of carbonyl (C=O) groups excluding carboxylic acids is 2. The number of esters is 1. The predicted molar refractivity (Wildman–Crippen MR) is 151 cm³/mol. The maximum absolute atomic E-state index is 11.8. The van der Waals surface area contributed by atoms with E-state index in [-0.39, 0.29) is 24.6 Å². The largest absolute Gasteiger partial charge is 0.478 e. The fraction of sp³-hybridized carbons (Fsp3) is 0.290. The molecule has 8 nitrogen and oxygen atoms in total. The molecular formula is C31H33ClO8. The number of carboxylic acid groups (broad SMARTS) is 2.